The second kappa shape index (κ2) is 19.0. The van der Waals surface area contributed by atoms with Gasteiger partial charge in [-0.05, 0) is 60.8 Å². The lowest BCUT2D eigenvalue weighted by atomic mass is 9.91. The largest absolute Gasteiger partial charge is 0.479 e. The topological polar surface area (TPSA) is 188 Å². The van der Waals surface area contributed by atoms with Crippen molar-refractivity contribution in [2.75, 3.05) is 36.5 Å². The molecule has 0 radical (unpaired) electrons. The zero-order chi connectivity index (χ0) is 36.9. The van der Waals surface area contributed by atoms with Crippen LogP contribution in [0, 0.1) is 10.8 Å². The number of halogens is 2. The summed E-state index contributed by atoms with van der Waals surface area (Å²) >= 11 is 11.7. The molecular formula is C34H48Cl2N4O9. The summed E-state index contributed by atoms with van der Waals surface area (Å²) in [5.41, 5.74) is 0.276. The Labute approximate surface area is 297 Å². The molecule has 2 aromatic heterocycles. The third-order valence-electron chi connectivity index (χ3n) is 7.34. The summed E-state index contributed by atoms with van der Waals surface area (Å²) in [6.45, 7) is 14.6. The van der Waals surface area contributed by atoms with E-state index in [1.54, 1.807) is 0 Å². The van der Waals surface area contributed by atoms with Crippen LogP contribution in [0.5, 0.6) is 0 Å². The van der Waals surface area contributed by atoms with Gasteiger partial charge in [-0.25, -0.2) is 24.4 Å². The number of carbonyl (C=O) groups is 4. The lowest BCUT2D eigenvalue weighted by molar-refractivity contribution is -0.150. The first-order chi connectivity index (χ1) is 22.8. The normalized spacial score (nSPS) is 15.4. The molecule has 2 unspecified atom stereocenters. The van der Waals surface area contributed by atoms with Crippen molar-refractivity contribution >= 4 is 58.7 Å². The number of carbonyl (C=O) groups excluding carboxylic acids is 1. The fourth-order valence-corrected chi connectivity index (χ4v) is 5.19. The number of carboxylic acids is 3. The van der Waals surface area contributed by atoms with Gasteiger partial charge in [0, 0.05) is 39.1 Å². The van der Waals surface area contributed by atoms with E-state index < -0.39 is 30.1 Å². The highest BCUT2D eigenvalue weighted by atomic mass is 35.5. The third-order valence-corrected chi connectivity index (χ3v) is 7.92. The number of nitrogens with zero attached hydrogens (tertiary/aromatic N) is 3. The molecule has 0 saturated carbocycles. The number of hydrogen-bond donors (Lipinski definition) is 4. The summed E-state index contributed by atoms with van der Waals surface area (Å²) in [4.78, 5) is 55.0. The van der Waals surface area contributed by atoms with Gasteiger partial charge in [0.25, 0.3) is 5.91 Å². The lowest BCUT2D eigenvalue weighted by Crippen LogP contribution is -2.31. The first kappa shape index (κ1) is 41.7. The quantitative estimate of drug-likeness (QED) is 0.103. The van der Waals surface area contributed by atoms with Gasteiger partial charge >= 0.3 is 17.9 Å². The number of hydrogen-bond acceptors (Lipinski definition) is 9. The Kier molecular flexibility index (Phi) is 16.2. The van der Waals surface area contributed by atoms with Crippen LogP contribution in [-0.4, -0.2) is 87.6 Å². The maximum absolute atomic E-state index is 12.4. The number of pyridine rings is 2. The predicted molar refractivity (Wildman–Crippen MR) is 187 cm³/mol. The molecule has 0 aromatic carbocycles. The number of anilines is 2. The number of ether oxygens (including phenoxy) is 2. The fourth-order valence-electron chi connectivity index (χ4n) is 4.73. The van der Waals surface area contributed by atoms with Crippen molar-refractivity contribution in [3.05, 3.63) is 45.7 Å². The highest BCUT2D eigenvalue weighted by Gasteiger charge is 2.34. The van der Waals surface area contributed by atoms with Crippen LogP contribution >= 0.6 is 23.2 Å². The van der Waals surface area contributed by atoms with Gasteiger partial charge < -0.3 is 30.1 Å². The molecule has 1 aliphatic rings. The number of aromatic nitrogens is 2. The Bertz CT molecular complexity index is 1440. The van der Waals surface area contributed by atoms with Crippen LogP contribution in [0.2, 0.25) is 10.3 Å². The zero-order valence-corrected chi connectivity index (χ0v) is 30.4. The molecule has 15 heteroatoms. The molecule has 272 valence electrons. The first-order valence-corrected chi connectivity index (χ1v) is 16.9. The van der Waals surface area contributed by atoms with E-state index >= 15 is 0 Å². The molecule has 0 bridgehead atoms. The molecule has 2 atom stereocenters. The van der Waals surface area contributed by atoms with E-state index in [0.29, 0.717) is 44.4 Å². The van der Waals surface area contributed by atoms with Crippen molar-refractivity contribution in [2.45, 2.75) is 92.3 Å². The van der Waals surface area contributed by atoms with Crippen LogP contribution < -0.4 is 10.2 Å². The van der Waals surface area contributed by atoms with Crippen LogP contribution in [0.25, 0.3) is 0 Å². The Balaban J connectivity index is 0.000000340. The molecule has 1 aliphatic heterocycles. The average molecular weight is 728 g/mol. The SMILES string of the molecule is CC(C)(C)CCCOC(CCNc1ccc(C(=O)O)c(Cl)n1)C(=O)O.CC(C)(C)CCCOC1CCN(c2ccc(C(=O)O)c(Cl)n2)C1=O. The van der Waals surface area contributed by atoms with E-state index in [1.165, 1.54) is 29.2 Å². The molecule has 3 heterocycles. The van der Waals surface area contributed by atoms with Gasteiger partial charge in [-0.15, -0.1) is 0 Å². The second-order valence-corrected chi connectivity index (χ2v) is 14.7. The van der Waals surface area contributed by atoms with Crippen molar-refractivity contribution in [3.63, 3.8) is 0 Å². The van der Waals surface area contributed by atoms with Crippen molar-refractivity contribution in [2.24, 2.45) is 10.8 Å². The zero-order valence-electron chi connectivity index (χ0n) is 28.9. The minimum atomic E-state index is -1.15. The van der Waals surface area contributed by atoms with Crippen LogP contribution in [0.1, 0.15) is 101 Å². The van der Waals surface area contributed by atoms with Gasteiger partial charge in [-0.2, -0.15) is 0 Å². The third kappa shape index (κ3) is 14.9. The standard InChI is InChI=1S/C17H25ClN2O5.C17H23ClN2O4/c1-17(2,3)8-4-10-25-12(16(23)24)7-9-19-13-6-5-11(15(21)22)14(18)20-13;1-17(2,3)8-4-10-24-12-7-9-20(15(12)21)13-6-5-11(16(22)23)14(18)19-13/h5-6,12H,4,7-10H2,1-3H3,(H,19,20)(H,21,22)(H,23,24);5-6,12H,4,7-10H2,1-3H3,(H,22,23). The number of aromatic carboxylic acids is 2. The summed E-state index contributed by atoms with van der Waals surface area (Å²) in [6, 6.07) is 5.68. The maximum Gasteiger partial charge on any atom is 0.338 e. The fraction of sp³-hybridized carbons (Fsp3) is 0.588. The van der Waals surface area contributed by atoms with Crippen LogP contribution in [0.3, 0.4) is 0 Å². The number of aliphatic carboxylic acids is 1. The molecule has 13 nitrogen and oxygen atoms in total. The van der Waals surface area contributed by atoms with Crippen molar-refractivity contribution in [3.8, 4) is 0 Å². The highest BCUT2D eigenvalue weighted by molar-refractivity contribution is 6.32. The van der Waals surface area contributed by atoms with Gasteiger partial charge in [-0.1, -0.05) is 64.7 Å². The number of rotatable bonds is 16. The summed E-state index contributed by atoms with van der Waals surface area (Å²) in [5.74, 6) is -2.73. The minimum Gasteiger partial charge on any atom is -0.479 e. The molecule has 1 saturated heterocycles. The Hall–Kier alpha value is -3.52. The highest BCUT2D eigenvalue weighted by Crippen LogP contribution is 2.26. The molecule has 4 N–H and O–H groups in total. The van der Waals surface area contributed by atoms with Gasteiger partial charge in [0.15, 0.2) is 6.10 Å². The monoisotopic (exact) mass is 726 g/mol. The number of amides is 1. The number of carboxylic acid groups (broad SMARTS) is 3. The molecule has 0 aliphatic carbocycles. The smallest absolute Gasteiger partial charge is 0.338 e. The summed E-state index contributed by atoms with van der Waals surface area (Å²) in [7, 11) is 0. The van der Waals surface area contributed by atoms with E-state index in [4.69, 9.17) is 42.9 Å². The second-order valence-electron chi connectivity index (χ2n) is 14.0. The molecule has 3 rings (SSSR count). The Morgan fingerprint density at radius 2 is 1.45 bits per heavy atom. The van der Waals surface area contributed by atoms with Crippen LogP contribution in [0.15, 0.2) is 24.3 Å². The number of nitrogens with one attached hydrogen (secondary N) is 1. The predicted octanol–water partition coefficient (Wildman–Crippen LogP) is 6.91. The van der Waals surface area contributed by atoms with E-state index in [2.05, 4.69) is 56.8 Å². The van der Waals surface area contributed by atoms with E-state index in [1.807, 2.05) is 0 Å². The van der Waals surface area contributed by atoms with Crippen LogP contribution in [-0.2, 0) is 19.1 Å². The summed E-state index contributed by atoms with van der Waals surface area (Å²) in [6.07, 6.45) is 3.17. The van der Waals surface area contributed by atoms with E-state index in [-0.39, 0.29) is 44.6 Å². The van der Waals surface area contributed by atoms with Gasteiger partial charge in [0.1, 0.15) is 28.0 Å². The molecule has 0 spiro atoms. The van der Waals surface area contributed by atoms with Gasteiger partial charge in [-0.3, -0.25) is 9.69 Å². The Morgan fingerprint density at radius 1 is 0.898 bits per heavy atom. The van der Waals surface area contributed by atoms with E-state index in [0.717, 1.165) is 25.7 Å². The Morgan fingerprint density at radius 3 is 1.96 bits per heavy atom. The lowest BCUT2D eigenvalue weighted by Gasteiger charge is -2.19. The van der Waals surface area contributed by atoms with Crippen molar-refractivity contribution in [1.82, 2.24) is 9.97 Å². The first-order valence-electron chi connectivity index (χ1n) is 16.1. The minimum absolute atomic E-state index is 0.0814. The summed E-state index contributed by atoms with van der Waals surface area (Å²) < 4.78 is 11.2. The molecule has 2 aromatic rings. The van der Waals surface area contributed by atoms with Gasteiger partial charge in [0.2, 0.25) is 0 Å². The van der Waals surface area contributed by atoms with Crippen molar-refractivity contribution < 1.29 is 44.0 Å². The average Bonchev–Trinajstić information content (AvgIpc) is 3.35. The van der Waals surface area contributed by atoms with E-state index in [9.17, 15) is 24.3 Å². The maximum atomic E-state index is 12.4. The van der Waals surface area contributed by atoms with Gasteiger partial charge in [0.05, 0.1) is 11.1 Å². The molecular weight excluding hydrogens is 679 g/mol. The van der Waals surface area contributed by atoms with Crippen LogP contribution in [0.4, 0.5) is 11.6 Å². The molecule has 1 amide bonds. The molecule has 49 heavy (non-hydrogen) atoms. The summed E-state index contributed by atoms with van der Waals surface area (Å²) in [5, 5.41) is 29.8. The van der Waals surface area contributed by atoms with Crippen molar-refractivity contribution in [1.29, 1.82) is 0 Å². The molecule has 1 fully saturated rings.